The Kier molecular flexibility index (Phi) is 3.45. The SMILES string of the molecule is CC1C(C)C2CC[S@](C)(c3ccccc3)CC2C1C. The predicted octanol–water partition coefficient (Wildman–Crippen LogP) is 5.04. The van der Waals surface area contributed by atoms with Crippen LogP contribution in [-0.2, 0) is 0 Å². The maximum absolute atomic E-state index is 2.58. The van der Waals surface area contributed by atoms with Gasteiger partial charge in [-0.15, -0.1) is 0 Å². The van der Waals surface area contributed by atoms with E-state index < -0.39 is 10.0 Å². The van der Waals surface area contributed by atoms with Gasteiger partial charge in [-0.1, -0.05) is 51.1 Å². The van der Waals surface area contributed by atoms with Crippen LogP contribution in [0.1, 0.15) is 27.2 Å². The van der Waals surface area contributed by atoms with Crippen molar-refractivity contribution in [3.8, 4) is 0 Å². The zero-order chi connectivity index (χ0) is 13.6. The summed E-state index contributed by atoms with van der Waals surface area (Å²) < 4.78 is 0. The smallest absolute Gasteiger partial charge is 0.0101 e. The molecule has 19 heavy (non-hydrogen) atoms. The molecule has 0 N–H and O–H groups in total. The standard InChI is InChI=1S/C18H28S/c1-13-14(2)17-10-11-19(4,12-18(17)15(13)3)16-8-6-5-7-9-16/h5-9,13-15,17-18H,10-12H2,1-4H3. The summed E-state index contributed by atoms with van der Waals surface area (Å²) in [5.41, 5.74) is 0. The molecule has 2 aliphatic rings. The van der Waals surface area contributed by atoms with Gasteiger partial charge in [-0.2, -0.15) is 0 Å². The number of hydrogen-bond acceptors (Lipinski definition) is 0. The minimum absolute atomic E-state index is 0.553. The average Bonchev–Trinajstić information content (AvgIpc) is 2.65. The molecule has 1 saturated heterocycles. The van der Waals surface area contributed by atoms with Crippen molar-refractivity contribution in [1.82, 2.24) is 0 Å². The van der Waals surface area contributed by atoms with E-state index in [2.05, 4.69) is 57.4 Å². The van der Waals surface area contributed by atoms with Gasteiger partial charge in [0.25, 0.3) is 0 Å². The monoisotopic (exact) mass is 276 g/mol. The van der Waals surface area contributed by atoms with E-state index in [1.165, 1.54) is 17.9 Å². The number of rotatable bonds is 1. The van der Waals surface area contributed by atoms with Crippen molar-refractivity contribution in [3.05, 3.63) is 30.3 Å². The Balaban J connectivity index is 1.86. The molecule has 1 aromatic rings. The van der Waals surface area contributed by atoms with Gasteiger partial charge < -0.3 is 0 Å². The van der Waals surface area contributed by atoms with Crippen molar-refractivity contribution in [1.29, 1.82) is 0 Å². The Morgan fingerprint density at radius 2 is 1.53 bits per heavy atom. The average molecular weight is 276 g/mol. The molecule has 6 atom stereocenters. The molecule has 3 rings (SSSR count). The lowest BCUT2D eigenvalue weighted by molar-refractivity contribution is 0.307. The Morgan fingerprint density at radius 1 is 0.895 bits per heavy atom. The third-order valence-electron chi connectivity index (χ3n) is 6.33. The lowest BCUT2D eigenvalue weighted by Crippen LogP contribution is -2.31. The molecular formula is C18H28S. The van der Waals surface area contributed by atoms with E-state index in [1.54, 1.807) is 4.90 Å². The molecule has 0 amide bonds. The van der Waals surface area contributed by atoms with Crippen LogP contribution < -0.4 is 0 Å². The second-order valence-electron chi connectivity index (χ2n) is 7.15. The van der Waals surface area contributed by atoms with E-state index in [0.717, 1.165) is 29.6 Å². The van der Waals surface area contributed by atoms with Crippen molar-refractivity contribution in [2.24, 2.45) is 29.6 Å². The zero-order valence-corrected chi connectivity index (χ0v) is 13.6. The second kappa shape index (κ2) is 4.84. The molecule has 1 heterocycles. The Hall–Kier alpha value is -0.430. The minimum atomic E-state index is -0.553. The highest BCUT2D eigenvalue weighted by molar-refractivity contribution is 8.33. The predicted molar refractivity (Wildman–Crippen MR) is 87.0 cm³/mol. The summed E-state index contributed by atoms with van der Waals surface area (Å²) in [5, 5.41) is 0. The van der Waals surface area contributed by atoms with Crippen LogP contribution in [0.2, 0.25) is 0 Å². The molecule has 5 unspecified atom stereocenters. The molecule has 1 saturated carbocycles. The van der Waals surface area contributed by atoms with Gasteiger partial charge in [-0.3, -0.25) is 0 Å². The maximum atomic E-state index is 2.58. The van der Waals surface area contributed by atoms with Crippen LogP contribution in [-0.4, -0.2) is 17.8 Å². The van der Waals surface area contributed by atoms with E-state index in [0.29, 0.717) is 0 Å². The van der Waals surface area contributed by atoms with Gasteiger partial charge in [0.2, 0.25) is 0 Å². The summed E-state index contributed by atoms with van der Waals surface area (Å²) in [5.74, 6) is 7.73. The summed E-state index contributed by atoms with van der Waals surface area (Å²) >= 11 is 0. The first-order valence-electron chi connectivity index (χ1n) is 7.82. The van der Waals surface area contributed by atoms with E-state index in [9.17, 15) is 0 Å². The van der Waals surface area contributed by atoms with Gasteiger partial charge in [0.05, 0.1) is 0 Å². The van der Waals surface area contributed by atoms with Gasteiger partial charge in [0, 0.05) is 0 Å². The largest absolute Gasteiger partial charge is 0.217 e. The Labute approximate surface area is 120 Å². The zero-order valence-electron chi connectivity index (χ0n) is 12.8. The topological polar surface area (TPSA) is 0 Å². The quantitative estimate of drug-likeness (QED) is 0.674. The Bertz CT molecular complexity index is 440. The van der Waals surface area contributed by atoms with Gasteiger partial charge in [-0.25, -0.2) is 10.0 Å². The third kappa shape index (κ3) is 2.14. The minimum Gasteiger partial charge on any atom is -0.217 e. The molecule has 0 bridgehead atoms. The van der Waals surface area contributed by atoms with Gasteiger partial charge in [0.1, 0.15) is 0 Å². The fraction of sp³-hybridized carbons (Fsp3) is 0.667. The molecule has 1 aliphatic carbocycles. The molecule has 1 aliphatic heterocycles. The van der Waals surface area contributed by atoms with Crippen molar-refractivity contribution in [2.75, 3.05) is 17.8 Å². The lowest BCUT2D eigenvalue weighted by atomic mass is 9.87. The highest BCUT2D eigenvalue weighted by Gasteiger charge is 2.48. The van der Waals surface area contributed by atoms with E-state index in [-0.39, 0.29) is 0 Å². The first kappa shape index (κ1) is 13.5. The molecule has 0 nitrogen and oxygen atoms in total. The molecule has 0 radical (unpaired) electrons. The summed E-state index contributed by atoms with van der Waals surface area (Å²) in [7, 11) is -0.553. The Morgan fingerprint density at radius 3 is 2.21 bits per heavy atom. The molecule has 0 aromatic heterocycles. The highest BCUT2D eigenvalue weighted by atomic mass is 32.3. The summed E-state index contributed by atoms with van der Waals surface area (Å²) in [6, 6.07) is 11.4. The van der Waals surface area contributed by atoms with Crippen LogP contribution in [0, 0.1) is 29.6 Å². The molecule has 2 fully saturated rings. The summed E-state index contributed by atoms with van der Waals surface area (Å²) in [4.78, 5) is 1.65. The van der Waals surface area contributed by atoms with Gasteiger partial charge >= 0.3 is 0 Å². The second-order valence-corrected chi connectivity index (χ2v) is 10.9. The molecule has 1 heteroatoms. The first-order valence-corrected chi connectivity index (χ1v) is 10.2. The van der Waals surface area contributed by atoms with Crippen LogP contribution in [0.15, 0.2) is 35.2 Å². The van der Waals surface area contributed by atoms with E-state index >= 15 is 0 Å². The maximum Gasteiger partial charge on any atom is -0.0101 e. The molecule has 0 spiro atoms. The van der Waals surface area contributed by atoms with Crippen molar-refractivity contribution >= 4 is 10.0 Å². The number of fused-ring (bicyclic) bond motifs is 1. The van der Waals surface area contributed by atoms with E-state index in [4.69, 9.17) is 0 Å². The summed E-state index contributed by atoms with van der Waals surface area (Å²) in [6.45, 7) is 7.51. The molecular weight excluding hydrogens is 248 g/mol. The van der Waals surface area contributed by atoms with Gasteiger partial charge in [0.15, 0.2) is 0 Å². The van der Waals surface area contributed by atoms with Crippen molar-refractivity contribution in [3.63, 3.8) is 0 Å². The highest BCUT2D eigenvalue weighted by Crippen LogP contribution is 2.63. The third-order valence-corrected chi connectivity index (χ3v) is 10.0. The van der Waals surface area contributed by atoms with Crippen LogP contribution >= 0.6 is 10.0 Å². The first-order chi connectivity index (χ1) is 9.03. The number of hydrogen-bond donors (Lipinski definition) is 0. The van der Waals surface area contributed by atoms with E-state index in [1.807, 2.05) is 0 Å². The van der Waals surface area contributed by atoms with Crippen LogP contribution in [0.25, 0.3) is 0 Å². The summed E-state index contributed by atoms with van der Waals surface area (Å²) in [6.07, 6.45) is 4.06. The van der Waals surface area contributed by atoms with Crippen LogP contribution in [0.5, 0.6) is 0 Å². The van der Waals surface area contributed by atoms with Gasteiger partial charge in [-0.05, 0) is 58.7 Å². The van der Waals surface area contributed by atoms with Crippen molar-refractivity contribution in [2.45, 2.75) is 32.1 Å². The number of benzene rings is 1. The normalized spacial score (nSPS) is 46.0. The molecule has 1 aromatic carbocycles. The van der Waals surface area contributed by atoms with Crippen molar-refractivity contribution < 1.29 is 0 Å². The molecule has 106 valence electrons. The van der Waals surface area contributed by atoms with Crippen LogP contribution in [0.3, 0.4) is 0 Å². The van der Waals surface area contributed by atoms with Crippen LogP contribution in [0.4, 0.5) is 0 Å². The fourth-order valence-electron chi connectivity index (χ4n) is 4.66. The fourth-order valence-corrected chi connectivity index (χ4v) is 8.26. The lowest BCUT2D eigenvalue weighted by Gasteiger charge is -2.47.